The Morgan fingerprint density at radius 1 is 1.21 bits per heavy atom. The van der Waals surface area contributed by atoms with E-state index >= 15 is 0 Å². The fourth-order valence-corrected chi connectivity index (χ4v) is 5.60. The van der Waals surface area contributed by atoms with E-state index in [1.54, 1.807) is 18.2 Å². The van der Waals surface area contributed by atoms with Crippen LogP contribution >= 0.6 is 0 Å². The summed E-state index contributed by atoms with van der Waals surface area (Å²) < 4.78 is 12.7. The van der Waals surface area contributed by atoms with E-state index in [0.717, 1.165) is 60.8 Å². The standard InChI is InChI=1S/C25H27N5O4/c31-20-3-1-2-18(10-20)22-14-30(28-27-22)12-19-9-17-6-7-29(19)13-21(17)25(32)26-11-16-4-5-23-24(8-16)34-15-33-23/h1-5,8,10,14,17,19,21,31H,6-7,9,11-13,15H2,(H,26,32)/p+1/t17-,19+,21-/m0/s1. The molecule has 1 unspecified atom stereocenters. The lowest BCUT2D eigenvalue weighted by atomic mass is 9.75. The number of phenols is 1. The third kappa shape index (κ3) is 4.07. The van der Waals surface area contributed by atoms with Crippen LogP contribution in [0.4, 0.5) is 0 Å². The molecule has 9 heteroatoms. The van der Waals surface area contributed by atoms with Crippen LogP contribution in [0.25, 0.3) is 11.3 Å². The molecule has 9 nitrogen and oxygen atoms in total. The molecule has 1 aromatic heterocycles. The third-order valence-corrected chi connectivity index (χ3v) is 7.38. The van der Waals surface area contributed by atoms with E-state index in [1.165, 1.54) is 4.90 Å². The van der Waals surface area contributed by atoms with Crippen LogP contribution in [0.5, 0.6) is 17.2 Å². The average Bonchev–Trinajstić information content (AvgIpc) is 3.52. The molecule has 3 saturated heterocycles. The van der Waals surface area contributed by atoms with E-state index in [0.29, 0.717) is 18.5 Å². The first-order valence-electron chi connectivity index (χ1n) is 11.8. The number of carbonyl (C=O) groups is 1. The Labute approximate surface area is 197 Å². The van der Waals surface area contributed by atoms with E-state index in [9.17, 15) is 9.90 Å². The lowest BCUT2D eigenvalue weighted by molar-refractivity contribution is -0.945. The van der Waals surface area contributed by atoms with E-state index in [-0.39, 0.29) is 24.4 Å². The minimum Gasteiger partial charge on any atom is -0.508 e. The second kappa shape index (κ2) is 8.64. The molecule has 7 rings (SSSR count). The zero-order chi connectivity index (χ0) is 23.1. The highest BCUT2D eigenvalue weighted by molar-refractivity contribution is 5.79. The van der Waals surface area contributed by atoms with Crippen LogP contribution in [0.3, 0.4) is 0 Å². The molecular formula is C25H28N5O4+. The summed E-state index contributed by atoms with van der Waals surface area (Å²) in [4.78, 5) is 14.5. The largest absolute Gasteiger partial charge is 0.508 e. The highest BCUT2D eigenvalue weighted by atomic mass is 16.7. The van der Waals surface area contributed by atoms with Gasteiger partial charge in [0.25, 0.3) is 0 Å². The number of benzene rings is 2. The van der Waals surface area contributed by atoms with Crippen LogP contribution in [0, 0.1) is 11.8 Å². The van der Waals surface area contributed by atoms with Crippen LogP contribution in [0.1, 0.15) is 18.4 Å². The number of piperidine rings is 3. The molecule has 176 valence electrons. The van der Waals surface area contributed by atoms with Crippen molar-refractivity contribution in [1.29, 1.82) is 0 Å². The molecule has 5 heterocycles. The van der Waals surface area contributed by atoms with Crippen molar-refractivity contribution in [2.45, 2.75) is 32.0 Å². The van der Waals surface area contributed by atoms with Gasteiger partial charge in [0.05, 0.1) is 31.7 Å². The third-order valence-electron chi connectivity index (χ3n) is 7.38. The predicted molar refractivity (Wildman–Crippen MR) is 122 cm³/mol. The summed E-state index contributed by atoms with van der Waals surface area (Å²) in [6.07, 6.45) is 4.03. The number of phenolic OH excluding ortho intramolecular Hbond substituents is 1. The van der Waals surface area contributed by atoms with Gasteiger partial charge >= 0.3 is 0 Å². The highest BCUT2D eigenvalue weighted by Crippen LogP contribution is 2.33. The lowest BCUT2D eigenvalue weighted by Crippen LogP contribution is -3.20. The number of nitrogens with zero attached hydrogens (tertiary/aromatic N) is 3. The van der Waals surface area contributed by atoms with Gasteiger partial charge in [0.1, 0.15) is 17.5 Å². The number of fused-ring (bicyclic) bond motifs is 4. The smallest absolute Gasteiger partial charge is 0.231 e. The average molecular weight is 463 g/mol. The molecule has 1 amide bonds. The first-order chi connectivity index (χ1) is 16.6. The molecule has 0 radical (unpaired) electrons. The van der Waals surface area contributed by atoms with Gasteiger partial charge in [0, 0.05) is 24.9 Å². The number of hydrogen-bond acceptors (Lipinski definition) is 6. The monoisotopic (exact) mass is 462 g/mol. The second-order valence-electron chi connectivity index (χ2n) is 9.48. The van der Waals surface area contributed by atoms with Gasteiger partial charge in [-0.25, -0.2) is 4.68 Å². The number of carbonyl (C=O) groups excluding carboxylic acids is 1. The summed E-state index contributed by atoms with van der Waals surface area (Å²) >= 11 is 0. The van der Waals surface area contributed by atoms with Gasteiger partial charge in [-0.15, -0.1) is 5.10 Å². The molecule has 2 bridgehead atoms. The minimum absolute atomic E-state index is 0.0487. The number of hydrogen-bond donors (Lipinski definition) is 3. The summed E-state index contributed by atoms with van der Waals surface area (Å²) in [7, 11) is 0. The molecule has 34 heavy (non-hydrogen) atoms. The van der Waals surface area contributed by atoms with Gasteiger partial charge in [-0.1, -0.05) is 23.4 Å². The van der Waals surface area contributed by atoms with Crippen LogP contribution in [-0.2, 0) is 17.9 Å². The second-order valence-corrected chi connectivity index (χ2v) is 9.48. The van der Waals surface area contributed by atoms with Gasteiger partial charge in [-0.05, 0) is 35.7 Å². The van der Waals surface area contributed by atoms with E-state index in [2.05, 4.69) is 15.6 Å². The van der Waals surface area contributed by atoms with Crippen molar-refractivity contribution in [3.63, 3.8) is 0 Å². The Kier molecular flexibility index (Phi) is 5.33. The van der Waals surface area contributed by atoms with Crippen LogP contribution in [0.2, 0.25) is 0 Å². The van der Waals surface area contributed by atoms with Gasteiger partial charge in [0.15, 0.2) is 11.5 Å². The number of aromatic hydroxyl groups is 1. The van der Waals surface area contributed by atoms with Crippen molar-refractivity contribution in [3.8, 4) is 28.5 Å². The highest BCUT2D eigenvalue weighted by Gasteiger charge is 2.46. The maximum Gasteiger partial charge on any atom is 0.231 e. The van der Waals surface area contributed by atoms with Gasteiger partial charge in [-0.3, -0.25) is 4.79 Å². The summed E-state index contributed by atoms with van der Waals surface area (Å²) in [5, 5.41) is 21.5. The Morgan fingerprint density at radius 3 is 2.97 bits per heavy atom. The minimum atomic E-state index is 0.0487. The Balaban J connectivity index is 1.06. The Hall–Kier alpha value is -3.59. The molecule has 3 aromatic rings. The van der Waals surface area contributed by atoms with Gasteiger partial charge < -0.3 is 24.8 Å². The first kappa shape index (κ1) is 21.0. The number of rotatable bonds is 6. The van der Waals surface area contributed by atoms with E-state index < -0.39 is 0 Å². The maximum atomic E-state index is 13.0. The van der Waals surface area contributed by atoms with E-state index in [1.807, 2.05) is 35.1 Å². The first-order valence-corrected chi connectivity index (χ1v) is 11.8. The van der Waals surface area contributed by atoms with Crippen molar-refractivity contribution in [2.75, 3.05) is 19.9 Å². The topological polar surface area (TPSA) is 103 Å². The normalized spacial score (nSPS) is 24.8. The molecule has 0 aliphatic carbocycles. The van der Waals surface area contributed by atoms with Crippen molar-refractivity contribution in [3.05, 3.63) is 54.2 Å². The molecule has 4 aliphatic heterocycles. The molecular weight excluding hydrogens is 434 g/mol. The molecule has 0 spiro atoms. The molecule has 3 N–H and O–H groups in total. The number of quaternary nitrogens is 1. The summed E-state index contributed by atoms with van der Waals surface area (Å²) in [5.41, 5.74) is 2.61. The molecule has 4 aliphatic rings. The molecule has 3 fully saturated rings. The SMILES string of the molecule is O=C(NCc1ccc2c(c1)OCO2)[C@H]1C[NH+]2CC[C@H]1C[C@@H]2Cn1cc(-c2cccc(O)c2)nn1. The van der Waals surface area contributed by atoms with Gasteiger partial charge in [-0.2, -0.15) is 0 Å². The fourth-order valence-electron chi connectivity index (χ4n) is 5.60. The number of nitrogens with one attached hydrogen (secondary N) is 2. The Bertz CT molecular complexity index is 1210. The van der Waals surface area contributed by atoms with E-state index in [4.69, 9.17) is 9.47 Å². The number of ether oxygens (including phenoxy) is 2. The van der Waals surface area contributed by atoms with Crippen molar-refractivity contribution < 1.29 is 24.3 Å². The molecule has 2 aromatic carbocycles. The fraction of sp³-hybridized carbons (Fsp3) is 0.400. The van der Waals surface area contributed by atoms with Crippen molar-refractivity contribution >= 4 is 5.91 Å². The summed E-state index contributed by atoms with van der Waals surface area (Å²) in [5.74, 6) is 2.30. The number of aromatic nitrogens is 3. The van der Waals surface area contributed by atoms with Crippen molar-refractivity contribution in [1.82, 2.24) is 20.3 Å². The maximum absolute atomic E-state index is 13.0. The lowest BCUT2D eigenvalue weighted by Gasteiger charge is -2.46. The van der Waals surface area contributed by atoms with Crippen molar-refractivity contribution in [2.24, 2.45) is 11.8 Å². The Morgan fingerprint density at radius 2 is 2.12 bits per heavy atom. The quantitative estimate of drug-likeness (QED) is 0.505. The summed E-state index contributed by atoms with van der Waals surface area (Å²) in [6, 6.07) is 13.3. The summed E-state index contributed by atoms with van der Waals surface area (Å²) in [6.45, 7) is 3.48. The van der Waals surface area contributed by atoms with Crippen LogP contribution in [0.15, 0.2) is 48.7 Å². The van der Waals surface area contributed by atoms with Crippen LogP contribution in [-0.4, -0.2) is 51.9 Å². The predicted octanol–water partition coefficient (Wildman–Crippen LogP) is 0.989. The molecule has 4 atom stereocenters. The number of amides is 1. The zero-order valence-corrected chi connectivity index (χ0v) is 18.8. The van der Waals surface area contributed by atoms with Gasteiger partial charge in [0.2, 0.25) is 12.7 Å². The van der Waals surface area contributed by atoms with Crippen LogP contribution < -0.4 is 19.7 Å². The molecule has 0 saturated carbocycles. The zero-order valence-electron chi connectivity index (χ0n) is 18.8.